The van der Waals surface area contributed by atoms with Crippen LogP contribution in [0.15, 0.2) is 0 Å². The molecule has 0 bridgehead atoms. The van der Waals surface area contributed by atoms with Crippen LogP contribution in [0.2, 0.25) is 0 Å². The van der Waals surface area contributed by atoms with Crippen LogP contribution in [0.1, 0.15) is 20.3 Å². The van der Waals surface area contributed by atoms with Gasteiger partial charge < -0.3 is 9.84 Å². The third kappa shape index (κ3) is 7.07. The monoisotopic (exact) mass is 506 g/mol. The first-order valence-electron chi connectivity index (χ1n) is 7.68. The summed E-state index contributed by atoms with van der Waals surface area (Å²) in [6.45, 7) is 2.67. The lowest BCUT2D eigenvalue weighted by Crippen LogP contribution is -2.46. The Hall–Kier alpha value is 0.0400. The van der Waals surface area contributed by atoms with Crippen molar-refractivity contribution in [1.82, 2.24) is 0 Å². The maximum Gasteiger partial charge on any atom is 0.498 e. The van der Waals surface area contributed by atoms with Crippen LogP contribution >= 0.6 is 19.9 Å². The number of hydrogen-bond donors (Lipinski definition) is 1. The zero-order valence-electron chi connectivity index (χ0n) is 14.8. The Bertz CT molecular complexity index is 658. The predicted molar refractivity (Wildman–Crippen MR) is 94.6 cm³/mol. The van der Waals surface area contributed by atoms with Crippen molar-refractivity contribution in [1.29, 1.82) is 0 Å². The Morgan fingerprint density at radius 2 is 1.32 bits per heavy atom. The van der Waals surface area contributed by atoms with Gasteiger partial charge in [-0.05, 0) is 11.5 Å². The number of sulfone groups is 2. The van der Waals surface area contributed by atoms with Gasteiger partial charge in [0.2, 0.25) is 0 Å². The van der Waals surface area contributed by atoms with Gasteiger partial charge in [-0.15, -0.1) is 0 Å². The Kier molecular flexibility index (Phi) is 9.91. The van der Waals surface area contributed by atoms with Crippen molar-refractivity contribution in [2.24, 2.45) is 0 Å². The van der Waals surface area contributed by atoms with Crippen LogP contribution in [0.3, 0.4) is 0 Å². The molecule has 6 nitrogen and oxygen atoms in total. The third-order valence-corrected chi connectivity index (χ3v) is 13.1. The Balaban J connectivity index is 5.34. The van der Waals surface area contributed by atoms with Gasteiger partial charge in [0.1, 0.15) is 0 Å². The molecule has 172 valence electrons. The van der Waals surface area contributed by atoms with Crippen LogP contribution in [0.5, 0.6) is 0 Å². The molecule has 0 aliphatic carbocycles. The highest BCUT2D eigenvalue weighted by molar-refractivity contribution is 8.51. The Morgan fingerprint density at radius 1 is 0.929 bits per heavy atom. The van der Waals surface area contributed by atoms with Crippen molar-refractivity contribution in [2.75, 3.05) is 30.5 Å². The van der Waals surface area contributed by atoms with Gasteiger partial charge in [-0.25, -0.2) is 16.8 Å². The lowest BCUT2D eigenvalue weighted by Gasteiger charge is -2.30. The van der Waals surface area contributed by atoms with Gasteiger partial charge in [0.15, 0.2) is 4.58 Å². The SMILES string of the molecule is CCS(Cl)(CC)CCOCC(O)CC(S(=O)(=O)C(F)(F)F)S(=O)(=O)C(F)(F)F. The summed E-state index contributed by atoms with van der Waals surface area (Å²) in [6.07, 6.45) is -4.06. The quantitative estimate of drug-likeness (QED) is 0.342. The highest BCUT2D eigenvalue weighted by Gasteiger charge is 2.63. The van der Waals surface area contributed by atoms with Crippen LogP contribution < -0.4 is 0 Å². The van der Waals surface area contributed by atoms with Crippen LogP contribution in [-0.4, -0.2) is 74.1 Å². The molecular weight excluding hydrogens is 486 g/mol. The minimum Gasteiger partial charge on any atom is -0.391 e. The van der Waals surface area contributed by atoms with E-state index >= 15 is 0 Å². The van der Waals surface area contributed by atoms with E-state index in [1.165, 1.54) is 0 Å². The van der Waals surface area contributed by atoms with E-state index in [2.05, 4.69) is 0 Å². The fraction of sp³-hybridized carbons (Fsp3) is 1.00. The van der Waals surface area contributed by atoms with Gasteiger partial charge in [-0.3, -0.25) is 0 Å². The molecule has 0 saturated heterocycles. The number of rotatable bonds is 11. The van der Waals surface area contributed by atoms with Gasteiger partial charge in [-0.1, -0.05) is 24.5 Å². The minimum atomic E-state index is -6.78. The molecule has 0 heterocycles. The van der Waals surface area contributed by atoms with Crippen LogP contribution in [0, 0.1) is 0 Å². The smallest absolute Gasteiger partial charge is 0.391 e. The van der Waals surface area contributed by atoms with E-state index in [-0.39, 0.29) is 6.61 Å². The molecule has 0 amide bonds. The van der Waals surface area contributed by atoms with E-state index in [0.717, 1.165) is 0 Å². The van der Waals surface area contributed by atoms with E-state index in [4.69, 9.17) is 15.4 Å². The minimum absolute atomic E-state index is 0.0969. The number of ether oxygens (including phenoxy) is 1. The Labute approximate surface area is 165 Å². The van der Waals surface area contributed by atoms with E-state index in [0.29, 0.717) is 17.3 Å². The lowest BCUT2D eigenvalue weighted by atomic mass is 10.3. The standard InChI is InChI=1S/C12H21ClF6O6S3/c1-3-26(13,4-2)6-5-25-8-9(20)7-10(27(21,22)11(14,15)16)28(23,24)12(17,18)19/h9-10,20H,3-8H2,1-2H3. The van der Waals surface area contributed by atoms with Crippen molar-refractivity contribution in [3.63, 3.8) is 0 Å². The van der Waals surface area contributed by atoms with Crippen molar-refractivity contribution >= 4 is 39.6 Å². The van der Waals surface area contributed by atoms with Crippen LogP contribution in [-0.2, 0) is 24.4 Å². The molecule has 1 N–H and O–H groups in total. The van der Waals surface area contributed by atoms with Gasteiger partial charge in [0.05, 0.1) is 19.3 Å². The number of aliphatic hydroxyl groups is 1. The second-order valence-electron chi connectivity index (χ2n) is 5.60. The number of alkyl halides is 6. The van der Waals surface area contributed by atoms with Crippen molar-refractivity contribution in [3.05, 3.63) is 0 Å². The van der Waals surface area contributed by atoms with E-state index in [1.54, 1.807) is 0 Å². The average molecular weight is 507 g/mol. The summed E-state index contributed by atoms with van der Waals surface area (Å²) in [5, 5.41) is 9.61. The molecule has 16 heteroatoms. The second-order valence-corrected chi connectivity index (χ2v) is 15.5. The topological polar surface area (TPSA) is 97.7 Å². The van der Waals surface area contributed by atoms with Crippen molar-refractivity contribution in [2.45, 2.75) is 42.0 Å². The molecule has 1 atom stereocenters. The maximum atomic E-state index is 12.6. The fourth-order valence-electron chi connectivity index (χ4n) is 1.93. The Morgan fingerprint density at radius 3 is 1.64 bits per heavy atom. The van der Waals surface area contributed by atoms with Gasteiger partial charge >= 0.3 is 11.0 Å². The molecule has 0 aliphatic heterocycles. The summed E-state index contributed by atoms with van der Waals surface area (Å²) in [5.41, 5.74) is -12.5. The van der Waals surface area contributed by atoms with Crippen molar-refractivity contribution in [3.8, 4) is 0 Å². The maximum absolute atomic E-state index is 12.6. The highest BCUT2D eigenvalue weighted by atomic mass is 35.7. The van der Waals surface area contributed by atoms with Crippen LogP contribution in [0.4, 0.5) is 26.3 Å². The molecule has 0 aliphatic rings. The number of halogens is 7. The molecule has 0 aromatic heterocycles. The highest BCUT2D eigenvalue weighted by Crippen LogP contribution is 2.52. The second kappa shape index (κ2) is 9.90. The molecule has 0 aromatic carbocycles. The first-order chi connectivity index (χ1) is 12.4. The lowest BCUT2D eigenvalue weighted by molar-refractivity contribution is -0.0480. The fourth-order valence-corrected chi connectivity index (χ4v) is 7.06. The zero-order chi connectivity index (χ0) is 22.6. The van der Waals surface area contributed by atoms with Crippen LogP contribution in [0.25, 0.3) is 0 Å². The summed E-state index contributed by atoms with van der Waals surface area (Å²) in [6, 6.07) is 0. The molecule has 1 unspecified atom stereocenters. The molecule has 0 rings (SSSR count). The first kappa shape index (κ1) is 28.0. The largest absolute Gasteiger partial charge is 0.498 e. The molecular formula is C12H21ClF6O6S3. The summed E-state index contributed by atoms with van der Waals surface area (Å²) < 4.78 is 122. The molecule has 28 heavy (non-hydrogen) atoms. The molecule has 0 saturated carbocycles. The molecule has 0 spiro atoms. The summed E-state index contributed by atoms with van der Waals surface area (Å²) in [7, 11) is -8.84. The van der Waals surface area contributed by atoms with Crippen molar-refractivity contribution < 1.29 is 53.0 Å². The first-order valence-corrected chi connectivity index (χ1v) is 13.7. The summed E-state index contributed by atoms with van der Waals surface area (Å²) >= 11 is 0. The van der Waals surface area contributed by atoms with Gasteiger partial charge in [-0.2, -0.15) is 35.6 Å². The average Bonchev–Trinajstić information content (AvgIpc) is 2.54. The van der Waals surface area contributed by atoms with Gasteiger partial charge in [0.25, 0.3) is 19.7 Å². The molecule has 0 radical (unpaired) electrons. The van der Waals surface area contributed by atoms with E-state index < -0.39 is 63.6 Å². The van der Waals surface area contributed by atoms with E-state index in [1.807, 2.05) is 13.8 Å². The predicted octanol–water partition coefficient (Wildman–Crippen LogP) is 2.95. The molecule has 0 aromatic rings. The zero-order valence-corrected chi connectivity index (χ0v) is 18.0. The van der Waals surface area contributed by atoms with E-state index in [9.17, 15) is 48.3 Å². The van der Waals surface area contributed by atoms with Gasteiger partial charge in [0, 0.05) is 12.2 Å². The third-order valence-electron chi connectivity index (χ3n) is 3.74. The number of hydrogen-bond acceptors (Lipinski definition) is 6. The molecule has 0 fully saturated rings. The number of aliphatic hydroxyl groups excluding tert-OH is 1. The normalized spacial score (nSPS) is 16.4. The summed E-state index contributed by atoms with van der Waals surface area (Å²) in [4.78, 5) is 0. The summed E-state index contributed by atoms with van der Waals surface area (Å²) in [5.74, 6) is 1.55.